The van der Waals surface area contributed by atoms with Crippen LogP contribution in [0.15, 0.2) is 27.6 Å². The van der Waals surface area contributed by atoms with Crippen molar-refractivity contribution < 1.29 is 4.42 Å². The van der Waals surface area contributed by atoms with Crippen molar-refractivity contribution in [3.8, 4) is 0 Å². The van der Waals surface area contributed by atoms with Gasteiger partial charge in [-0.25, -0.2) is 0 Å². The second-order valence-corrected chi connectivity index (χ2v) is 6.63. The standard InChI is InChI=1S/C16H18Cl2N2O2/c1-19-3-2-4-20(6-5-19)9-11-10-22-16-13(15(11)21)7-12(17)8-14(16)18/h7-8,10H,2-6,9H2,1H3. The van der Waals surface area contributed by atoms with Crippen molar-refractivity contribution in [1.82, 2.24) is 9.80 Å². The van der Waals surface area contributed by atoms with E-state index in [4.69, 9.17) is 27.6 Å². The molecule has 0 amide bonds. The zero-order valence-electron chi connectivity index (χ0n) is 12.4. The third-order valence-corrected chi connectivity index (χ3v) is 4.57. The predicted molar refractivity (Wildman–Crippen MR) is 89.9 cm³/mol. The molecule has 1 aromatic heterocycles. The molecule has 22 heavy (non-hydrogen) atoms. The van der Waals surface area contributed by atoms with Gasteiger partial charge in [-0.1, -0.05) is 23.2 Å². The average Bonchev–Trinajstić information content (AvgIpc) is 2.67. The average molecular weight is 341 g/mol. The summed E-state index contributed by atoms with van der Waals surface area (Å²) < 4.78 is 5.58. The van der Waals surface area contributed by atoms with Gasteiger partial charge in [-0.15, -0.1) is 0 Å². The van der Waals surface area contributed by atoms with Crippen LogP contribution in [0.2, 0.25) is 10.0 Å². The fourth-order valence-corrected chi connectivity index (χ4v) is 3.35. The van der Waals surface area contributed by atoms with Crippen LogP contribution in [-0.2, 0) is 6.54 Å². The SMILES string of the molecule is CN1CCCN(Cc2coc3c(Cl)cc(Cl)cc3c2=O)CC1. The molecule has 0 spiro atoms. The molecule has 2 heterocycles. The van der Waals surface area contributed by atoms with Crippen LogP contribution < -0.4 is 5.43 Å². The number of likely N-dealkylation sites (N-methyl/N-ethyl adjacent to an activating group) is 1. The zero-order valence-corrected chi connectivity index (χ0v) is 14.0. The van der Waals surface area contributed by atoms with Gasteiger partial charge >= 0.3 is 0 Å². The van der Waals surface area contributed by atoms with E-state index in [2.05, 4.69) is 16.8 Å². The second kappa shape index (κ2) is 6.59. The Labute approximate surface area is 139 Å². The van der Waals surface area contributed by atoms with E-state index in [1.807, 2.05) is 0 Å². The topological polar surface area (TPSA) is 36.7 Å². The van der Waals surface area contributed by atoms with Gasteiger partial charge in [-0.2, -0.15) is 0 Å². The quantitative estimate of drug-likeness (QED) is 0.840. The van der Waals surface area contributed by atoms with E-state index in [0.717, 1.165) is 32.6 Å². The lowest BCUT2D eigenvalue weighted by molar-refractivity contribution is 0.267. The summed E-state index contributed by atoms with van der Waals surface area (Å²) in [5.74, 6) is 0. The molecule has 1 aliphatic heterocycles. The van der Waals surface area contributed by atoms with Gasteiger partial charge in [-0.05, 0) is 38.7 Å². The maximum atomic E-state index is 12.6. The molecular formula is C16H18Cl2N2O2. The molecule has 1 saturated heterocycles. The molecule has 3 rings (SSSR count). The van der Waals surface area contributed by atoms with Crippen molar-refractivity contribution in [2.45, 2.75) is 13.0 Å². The summed E-state index contributed by atoms with van der Waals surface area (Å²) in [6, 6.07) is 3.20. The maximum absolute atomic E-state index is 12.6. The number of benzene rings is 1. The molecular weight excluding hydrogens is 323 g/mol. The molecule has 118 valence electrons. The van der Waals surface area contributed by atoms with Crippen molar-refractivity contribution >= 4 is 34.2 Å². The Balaban J connectivity index is 1.91. The summed E-state index contributed by atoms with van der Waals surface area (Å²) >= 11 is 12.1. The molecule has 0 unspecified atom stereocenters. The van der Waals surface area contributed by atoms with Gasteiger partial charge in [0.2, 0.25) is 0 Å². The number of nitrogens with zero attached hydrogens (tertiary/aromatic N) is 2. The molecule has 0 aliphatic carbocycles. The normalized spacial score (nSPS) is 17.8. The van der Waals surface area contributed by atoms with Crippen molar-refractivity contribution in [3.05, 3.63) is 44.2 Å². The van der Waals surface area contributed by atoms with Crippen LogP contribution in [0.4, 0.5) is 0 Å². The van der Waals surface area contributed by atoms with E-state index >= 15 is 0 Å². The van der Waals surface area contributed by atoms with E-state index in [0.29, 0.717) is 33.1 Å². The Morgan fingerprint density at radius 2 is 2.00 bits per heavy atom. The summed E-state index contributed by atoms with van der Waals surface area (Å²) in [6.07, 6.45) is 2.63. The number of fused-ring (bicyclic) bond motifs is 1. The highest BCUT2D eigenvalue weighted by molar-refractivity contribution is 6.38. The lowest BCUT2D eigenvalue weighted by Gasteiger charge is -2.19. The fourth-order valence-electron chi connectivity index (χ4n) is 2.81. The number of rotatable bonds is 2. The molecule has 0 atom stereocenters. The van der Waals surface area contributed by atoms with Crippen LogP contribution in [0, 0.1) is 0 Å². The van der Waals surface area contributed by atoms with Gasteiger partial charge in [0.25, 0.3) is 0 Å². The molecule has 4 nitrogen and oxygen atoms in total. The summed E-state index contributed by atoms with van der Waals surface area (Å²) in [5, 5.41) is 1.25. The van der Waals surface area contributed by atoms with E-state index in [1.165, 1.54) is 6.26 Å². The Hall–Kier alpha value is -1.07. The smallest absolute Gasteiger partial charge is 0.197 e. The molecule has 2 aromatic rings. The van der Waals surface area contributed by atoms with Crippen LogP contribution in [0.25, 0.3) is 11.0 Å². The van der Waals surface area contributed by atoms with Gasteiger partial charge in [0, 0.05) is 30.2 Å². The van der Waals surface area contributed by atoms with E-state index < -0.39 is 0 Å². The molecule has 6 heteroatoms. The second-order valence-electron chi connectivity index (χ2n) is 5.79. The fraction of sp³-hybridized carbons (Fsp3) is 0.438. The third-order valence-electron chi connectivity index (χ3n) is 4.07. The van der Waals surface area contributed by atoms with Crippen molar-refractivity contribution in [1.29, 1.82) is 0 Å². The molecule has 1 aliphatic rings. The zero-order chi connectivity index (χ0) is 15.7. The highest BCUT2D eigenvalue weighted by Gasteiger charge is 2.16. The Morgan fingerprint density at radius 3 is 2.82 bits per heavy atom. The summed E-state index contributed by atoms with van der Waals surface area (Å²) in [5.41, 5.74) is 0.994. The molecule has 1 fully saturated rings. The molecule has 0 saturated carbocycles. The van der Waals surface area contributed by atoms with Crippen LogP contribution in [0.1, 0.15) is 12.0 Å². The minimum absolute atomic E-state index is 0.0525. The lowest BCUT2D eigenvalue weighted by Crippen LogP contribution is -2.30. The summed E-state index contributed by atoms with van der Waals surface area (Å²) in [7, 11) is 2.12. The van der Waals surface area contributed by atoms with Gasteiger partial charge < -0.3 is 9.32 Å². The summed E-state index contributed by atoms with van der Waals surface area (Å²) in [4.78, 5) is 17.2. The van der Waals surface area contributed by atoms with Crippen molar-refractivity contribution in [3.63, 3.8) is 0 Å². The Bertz CT molecular complexity index is 745. The first kappa shape index (κ1) is 15.8. The number of hydrogen-bond donors (Lipinski definition) is 0. The molecule has 0 radical (unpaired) electrons. The highest BCUT2D eigenvalue weighted by Crippen LogP contribution is 2.26. The van der Waals surface area contributed by atoms with Gasteiger partial charge in [-0.3, -0.25) is 9.69 Å². The monoisotopic (exact) mass is 340 g/mol. The molecule has 1 aromatic carbocycles. The van der Waals surface area contributed by atoms with E-state index in [9.17, 15) is 4.79 Å². The first-order chi connectivity index (χ1) is 10.5. The van der Waals surface area contributed by atoms with Crippen molar-refractivity contribution in [2.75, 3.05) is 33.2 Å². The van der Waals surface area contributed by atoms with E-state index in [1.54, 1.807) is 12.1 Å². The van der Waals surface area contributed by atoms with Gasteiger partial charge in [0.05, 0.1) is 16.7 Å². The molecule has 0 N–H and O–H groups in total. The van der Waals surface area contributed by atoms with Crippen LogP contribution in [0.5, 0.6) is 0 Å². The van der Waals surface area contributed by atoms with E-state index in [-0.39, 0.29) is 5.43 Å². The third kappa shape index (κ3) is 3.30. The van der Waals surface area contributed by atoms with Crippen LogP contribution >= 0.6 is 23.2 Å². The summed E-state index contributed by atoms with van der Waals surface area (Å²) in [6.45, 7) is 4.63. The minimum atomic E-state index is -0.0525. The minimum Gasteiger partial charge on any atom is -0.462 e. The highest BCUT2D eigenvalue weighted by atomic mass is 35.5. The lowest BCUT2D eigenvalue weighted by atomic mass is 10.1. The van der Waals surface area contributed by atoms with Gasteiger partial charge in [0.1, 0.15) is 0 Å². The van der Waals surface area contributed by atoms with Crippen LogP contribution in [0.3, 0.4) is 0 Å². The van der Waals surface area contributed by atoms with Crippen molar-refractivity contribution in [2.24, 2.45) is 0 Å². The Morgan fingerprint density at radius 1 is 1.18 bits per heavy atom. The maximum Gasteiger partial charge on any atom is 0.197 e. The number of hydrogen-bond acceptors (Lipinski definition) is 4. The first-order valence-corrected chi connectivity index (χ1v) is 8.10. The first-order valence-electron chi connectivity index (χ1n) is 7.35. The molecule has 0 bridgehead atoms. The van der Waals surface area contributed by atoms with Gasteiger partial charge in [0.15, 0.2) is 11.0 Å². The number of halogens is 2. The predicted octanol–water partition coefficient (Wildman–Crippen LogP) is 3.24. The van der Waals surface area contributed by atoms with Crippen LogP contribution in [-0.4, -0.2) is 43.0 Å². The Kier molecular flexibility index (Phi) is 4.73. The largest absolute Gasteiger partial charge is 0.462 e.